The highest BCUT2D eigenvalue weighted by Gasteiger charge is 2.25. The zero-order valence-corrected chi connectivity index (χ0v) is 18.0. The summed E-state index contributed by atoms with van der Waals surface area (Å²) in [7, 11) is -3.70. The van der Waals surface area contributed by atoms with Crippen LogP contribution in [0.2, 0.25) is 0 Å². The van der Waals surface area contributed by atoms with Crippen molar-refractivity contribution in [3.05, 3.63) is 87.9 Å². The molecule has 0 aliphatic rings. The van der Waals surface area contributed by atoms with Gasteiger partial charge < -0.3 is 9.84 Å². The number of halogens is 1. The maximum Gasteiger partial charge on any atom is 0.307 e. The van der Waals surface area contributed by atoms with Crippen LogP contribution in [-0.2, 0) is 26.8 Å². The molecule has 7 heteroatoms. The van der Waals surface area contributed by atoms with Crippen LogP contribution in [0.3, 0.4) is 0 Å². The van der Waals surface area contributed by atoms with Crippen molar-refractivity contribution in [1.29, 1.82) is 0 Å². The minimum atomic E-state index is -3.70. The van der Waals surface area contributed by atoms with Crippen molar-refractivity contribution < 1.29 is 23.1 Å². The molecule has 0 spiro atoms. The molecule has 0 aromatic heterocycles. The second-order valence-electron chi connectivity index (χ2n) is 6.56. The van der Waals surface area contributed by atoms with Crippen LogP contribution in [0, 0.1) is 6.92 Å². The third-order valence-electron chi connectivity index (χ3n) is 4.30. The minimum Gasteiger partial charge on any atom is -0.481 e. The maximum atomic E-state index is 13.2. The highest BCUT2D eigenvalue weighted by molar-refractivity contribution is 9.10. The van der Waals surface area contributed by atoms with E-state index in [0.29, 0.717) is 26.9 Å². The topological polar surface area (TPSA) is 80.7 Å². The first-order valence-corrected chi connectivity index (χ1v) is 11.2. The molecular weight excluding hydrogens is 456 g/mol. The number of carboxylic acid groups (broad SMARTS) is 1. The molecule has 0 radical (unpaired) electrons. The van der Waals surface area contributed by atoms with Gasteiger partial charge in [-0.15, -0.1) is 0 Å². The molecule has 0 amide bonds. The lowest BCUT2D eigenvalue weighted by Gasteiger charge is -2.16. The number of rotatable bonds is 7. The Kier molecular flexibility index (Phi) is 6.39. The zero-order chi connectivity index (χ0) is 21.0. The van der Waals surface area contributed by atoms with Gasteiger partial charge >= 0.3 is 5.97 Å². The lowest BCUT2D eigenvalue weighted by atomic mass is 10.1. The SMILES string of the molecule is Cc1c(Br)ccc(Oc2cccc(CC(=O)O)c2)c1S(=O)(=O)Cc1ccccc1. The van der Waals surface area contributed by atoms with Crippen LogP contribution < -0.4 is 4.74 Å². The predicted molar refractivity (Wildman–Crippen MR) is 114 cm³/mol. The van der Waals surface area contributed by atoms with E-state index in [9.17, 15) is 13.2 Å². The van der Waals surface area contributed by atoms with Crippen molar-refractivity contribution in [3.8, 4) is 11.5 Å². The van der Waals surface area contributed by atoms with Crippen LogP contribution in [0.5, 0.6) is 11.5 Å². The molecule has 0 fully saturated rings. The van der Waals surface area contributed by atoms with Crippen molar-refractivity contribution in [3.63, 3.8) is 0 Å². The Morgan fingerprint density at radius 1 is 1.00 bits per heavy atom. The van der Waals surface area contributed by atoms with Gasteiger partial charge in [-0.1, -0.05) is 58.4 Å². The Morgan fingerprint density at radius 2 is 1.69 bits per heavy atom. The van der Waals surface area contributed by atoms with E-state index in [1.54, 1.807) is 67.6 Å². The Bertz CT molecular complexity index is 1140. The van der Waals surface area contributed by atoms with Gasteiger partial charge in [-0.25, -0.2) is 8.42 Å². The maximum absolute atomic E-state index is 13.2. The molecule has 0 saturated heterocycles. The van der Waals surface area contributed by atoms with Gasteiger partial charge in [0, 0.05) is 4.47 Å². The number of ether oxygens (including phenoxy) is 1. The number of carboxylic acids is 1. The van der Waals surface area contributed by atoms with Gasteiger partial charge in [0.1, 0.15) is 16.4 Å². The summed E-state index contributed by atoms with van der Waals surface area (Å²) < 4.78 is 33.0. The van der Waals surface area contributed by atoms with Gasteiger partial charge in [-0.3, -0.25) is 4.79 Å². The molecule has 0 aliphatic heterocycles. The summed E-state index contributed by atoms with van der Waals surface area (Å²) in [6.07, 6.45) is -0.143. The number of sulfone groups is 1. The van der Waals surface area contributed by atoms with Gasteiger partial charge in [0.2, 0.25) is 0 Å². The molecule has 0 saturated carbocycles. The summed E-state index contributed by atoms with van der Waals surface area (Å²) in [4.78, 5) is 11.1. The van der Waals surface area contributed by atoms with Crippen LogP contribution in [0.4, 0.5) is 0 Å². The van der Waals surface area contributed by atoms with Gasteiger partial charge in [0.15, 0.2) is 9.84 Å². The number of benzene rings is 3. The van der Waals surface area contributed by atoms with Gasteiger partial charge in [-0.2, -0.15) is 0 Å². The van der Waals surface area contributed by atoms with Crippen LogP contribution in [-0.4, -0.2) is 19.5 Å². The molecule has 3 aromatic carbocycles. The summed E-state index contributed by atoms with van der Waals surface area (Å²) in [5, 5.41) is 8.98. The third kappa shape index (κ3) is 5.25. The van der Waals surface area contributed by atoms with Crippen LogP contribution in [0.15, 0.2) is 76.1 Å². The van der Waals surface area contributed by atoms with E-state index in [1.807, 2.05) is 6.07 Å². The van der Waals surface area contributed by atoms with E-state index in [1.165, 1.54) is 0 Å². The van der Waals surface area contributed by atoms with Crippen molar-refractivity contribution in [2.45, 2.75) is 24.0 Å². The molecule has 0 unspecified atom stereocenters. The first-order chi connectivity index (χ1) is 13.8. The highest BCUT2D eigenvalue weighted by Crippen LogP contribution is 2.37. The second kappa shape index (κ2) is 8.80. The largest absolute Gasteiger partial charge is 0.481 e. The molecule has 0 heterocycles. The van der Waals surface area contributed by atoms with E-state index in [2.05, 4.69) is 15.9 Å². The fourth-order valence-corrected chi connectivity index (χ4v) is 5.23. The molecular formula is C22H19BrO5S. The summed E-state index contributed by atoms with van der Waals surface area (Å²) in [5.74, 6) is -0.524. The molecule has 0 atom stereocenters. The number of hydrogen-bond acceptors (Lipinski definition) is 4. The van der Waals surface area contributed by atoms with Crippen LogP contribution in [0.1, 0.15) is 16.7 Å². The summed E-state index contributed by atoms with van der Waals surface area (Å²) >= 11 is 3.40. The molecule has 29 heavy (non-hydrogen) atoms. The van der Waals surface area contributed by atoms with E-state index in [4.69, 9.17) is 9.84 Å². The van der Waals surface area contributed by atoms with E-state index >= 15 is 0 Å². The Balaban J connectivity index is 2.01. The van der Waals surface area contributed by atoms with Gasteiger partial charge in [0.25, 0.3) is 0 Å². The zero-order valence-electron chi connectivity index (χ0n) is 15.6. The molecule has 1 N–H and O–H groups in total. The molecule has 150 valence electrons. The monoisotopic (exact) mass is 474 g/mol. The molecule has 0 aliphatic carbocycles. The standard InChI is InChI=1S/C22H19BrO5S/c1-15-19(23)10-11-20(28-18-9-5-8-17(12-18)13-21(24)25)22(15)29(26,27)14-16-6-3-2-4-7-16/h2-12H,13-14H2,1H3,(H,24,25). The third-order valence-corrected chi connectivity index (χ3v) is 7.00. The fraction of sp³-hybridized carbons (Fsp3) is 0.136. The summed E-state index contributed by atoms with van der Waals surface area (Å²) in [6, 6.07) is 18.9. The Labute approximate surface area is 178 Å². The van der Waals surface area contributed by atoms with E-state index < -0.39 is 15.8 Å². The normalized spacial score (nSPS) is 11.2. The fourth-order valence-electron chi connectivity index (χ4n) is 3.00. The van der Waals surface area contributed by atoms with E-state index in [0.717, 1.165) is 0 Å². The minimum absolute atomic E-state index is 0.111. The first-order valence-electron chi connectivity index (χ1n) is 8.80. The molecule has 3 rings (SSSR count). The highest BCUT2D eigenvalue weighted by atomic mass is 79.9. The van der Waals surface area contributed by atoms with Crippen molar-refractivity contribution in [2.75, 3.05) is 0 Å². The van der Waals surface area contributed by atoms with Crippen LogP contribution in [0.25, 0.3) is 0 Å². The van der Waals surface area contributed by atoms with Crippen molar-refractivity contribution >= 4 is 31.7 Å². The summed E-state index contributed by atoms with van der Waals surface area (Å²) in [6.45, 7) is 1.72. The number of carbonyl (C=O) groups is 1. The Morgan fingerprint density at radius 3 is 2.38 bits per heavy atom. The van der Waals surface area contributed by atoms with Crippen molar-refractivity contribution in [2.24, 2.45) is 0 Å². The average Bonchev–Trinajstić information content (AvgIpc) is 2.65. The smallest absolute Gasteiger partial charge is 0.307 e. The van der Waals surface area contributed by atoms with Gasteiger partial charge in [0.05, 0.1) is 12.2 Å². The first kappa shape index (κ1) is 21.1. The molecule has 0 bridgehead atoms. The summed E-state index contributed by atoms with van der Waals surface area (Å²) in [5.41, 5.74) is 1.80. The lowest BCUT2D eigenvalue weighted by Crippen LogP contribution is -2.09. The number of hydrogen-bond donors (Lipinski definition) is 1. The van der Waals surface area contributed by atoms with Crippen molar-refractivity contribution in [1.82, 2.24) is 0 Å². The lowest BCUT2D eigenvalue weighted by molar-refractivity contribution is -0.136. The van der Waals surface area contributed by atoms with E-state index in [-0.39, 0.29) is 22.8 Å². The predicted octanol–water partition coefficient (Wildman–Crippen LogP) is 5.15. The Hall–Kier alpha value is -2.64. The average molecular weight is 475 g/mol. The quantitative estimate of drug-likeness (QED) is 0.511. The molecule has 5 nitrogen and oxygen atoms in total. The molecule has 3 aromatic rings. The van der Waals surface area contributed by atoms with Gasteiger partial charge in [-0.05, 0) is 47.9 Å². The second-order valence-corrected chi connectivity index (χ2v) is 9.35. The number of aliphatic carboxylic acids is 1. The van der Waals surface area contributed by atoms with Crippen LogP contribution >= 0.6 is 15.9 Å².